The summed E-state index contributed by atoms with van der Waals surface area (Å²) in [5, 5.41) is 0.188. The Labute approximate surface area is 146 Å². The third kappa shape index (κ3) is 5.86. The van der Waals surface area contributed by atoms with Crippen LogP contribution in [0.25, 0.3) is 0 Å². The molecule has 0 saturated heterocycles. The lowest BCUT2D eigenvalue weighted by Gasteiger charge is -2.36. The van der Waals surface area contributed by atoms with Crippen molar-refractivity contribution in [2.45, 2.75) is 78.3 Å². The number of benzene rings is 1. The van der Waals surface area contributed by atoms with Crippen LogP contribution >= 0.6 is 0 Å². The van der Waals surface area contributed by atoms with E-state index >= 15 is 0 Å². The monoisotopic (exact) mass is 346 g/mol. The second-order valence-electron chi connectivity index (χ2n) is 9.27. The van der Waals surface area contributed by atoms with E-state index in [0.717, 1.165) is 11.3 Å². The first-order valence-corrected chi connectivity index (χ1v) is 15.0. The smallest absolute Gasteiger partial charge is 0.250 e. The maximum atomic E-state index is 6.55. The van der Waals surface area contributed by atoms with Gasteiger partial charge in [0.25, 0.3) is 8.32 Å². The number of hydrogen-bond donors (Lipinski definition) is 0. The summed E-state index contributed by atoms with van der Waals surface area (Å²) in [5.74, 6) is 4.90. The van der Waals surface area contributed by atoms with Gasteiger partial charge in [-0.15, -0.1) is 5.54 Å². The molecule has 3 heteroatoms. The summed E-state index contributed by atoms with van der Waals surface area (Å²) in [7, 11) is -3.26. The summed E-state index contributed by atoms with van der Waals surface area (Å²) in [6.07, 6.45) is 0. The Morgan fingerprint density at radius 3 is 2.00 bits per heavy atom. The molecule has 0 heterocycles. The van der Waals surface area contributed by atoms with E-state index in [9.17, 15) is 0 Å². The van der Waals surface area contributed by atoms with Gasteiger partial charge in [-0.3, -0.25) is 0 Å². The van der Waals surface area contributed by atoms with Gasteiger partial charge in [-0.2, -0.15) is 0 Å². The van der Waals surface area contributed by atoms with Gasteiger partial charge in [-0.1, -0.05) is 66.2 Å². The van der Waals surface area contributed by atoms with Crippen LogP contribution < -0.4 is 4.43 Å². The molecule has 0 spiro atoms. The van der Waals surface area contributed by atoms with Crippen molar-refractivity contribution in [3.8, 4) is 17.2 Å². The van der Waals surface area contributed by atoms with E-state index in [1.807, 2.05) is 0 Å². The van der Waals surface area contributed by atoms with Crippen LogP contribution in [0.2, 0.25) is 37.8 Å². The third-order valence-corrected chi connectivity index (χ3v) is 9.63. The van der Waals surface area contributed by atoms with Gasteiger partial charge in [0.15, 0.2) is 0 Å². The minimum atomic E-state index is -1.85. The minimum Gasteiger partial charge on any atom is -0.543 e. The fourth-order valence-electron chi connectivity index (χ4n) is 1.78. The van der Waals surface area contributed by atoms with E-state index in [1.165, 1.54) is 5.56 Å². The summed E-state index contributed by atoms with van der Waals surface area (Å²) < 4.78 is 6.55. The van der Waals surface area contributed by atoms with E-state index < -0.39 is 16.4 Å². The second kappa shape index (κ2) is 6.87. The zero-order chi connectivity index (χ0) is 18.1. The Bertz CT molecular complexity index is 605. The van der Waals surface area contributed by atoms with Gasteiger partial charge >= 0.3 is 0 Å². The van der Waals surface area contributed by atoms with Crippen molar-refractivity contribution in [2.24, 2.45) is 0 Å². The standard InChI is InChI=1S/C20H34OSi2/c1-16(2)17-11-12-19(21-23(9,10)20(3,4)5)18(15-17)13-14-22(6,7)8/h11-12,15-16H,1-10H3. The Kier molecular flexibility index (Phi) is 5.99. The van der Waals surface area contributed by atoms with Crippen molar-refractivity contribution in [1.82, 2.24) is 0 Å². The average molecular weight is 347 g/mol. The lowest BCUT2D eigenvalue weighted by atomic mass is 10.0. The fourth-order valence-corrected chi connectivity index (χ4v) is 3.32. The zero-order valence-electron chi connectivity index (χ0n) is 16.7. The van der Waals surface area contributed by atoms with Crippen LogP contribution in [0.15, 0.2) is 18.2 Å². The summed E-state index contributed by atoms with van der Waals surface area (Å²) >= 11 is 0. The van der Waals surface area contributed by atoms with E-state index in [0.29, 0.717) is 5.92 Å². The topological polar surface area (TPSA) is 9.23 Å². The van der Waals surface area contributed by atoms with Gasteiger partial charge < -0.3 is 4.43 Å². The molecular weight excluding hydrogens is 312 g/mol. The molecule has 0 N–H and O–H groups in total. The molecule has 0 aliphatic carbocycles. The molecule has 0 fully saturated rings. The van der Waals surface area contributed by atoms with Crippen LogP contribution in [0.4, 0.5) is 0 Å². The third-order valence-electron chi connectivity index (χ3n) is 4.41. The number of hydrogen-bond acceptors (Lipinski definition) is 1. The highest BCUT2D eigenvalue weighted by Crippen LogP contribution is 2.38. The number of rotatable bonds is 3. The minimum absolute atomic E-state index is 0.188. The fraction of sp³-hybridized carbons (Fsp3) is 0.600. The van der Waals surface area contributed by atoms with Crippen LogP contribution in [-0.4, -0.2) is 16.4 Å². The van der Waals surface area contributed by atoms with Gasteiger partial charge in [0, 0.05) is 0 Å². The van der Waals surface area contributed by atoms with Crippen molar-refractivity contribution in [2.75, 3.05) is 0 Å². The van der Waals surface area contributed by atoms with E-state index in [2.05, 4.69) is 97.0 Å². The summed E-state index contributed by atoms with van der Waals surface area (Å²) in [4.78, 5) is 0. The van der Waals surface area contributed by atoms with Gasteiger partial charge in [0.1, 0.15) is 13.8 Å². The van der Waals surface area contributed by atoms with Gasteiger partial charge in [0.2, 0.25) is 0 Å². The Morgan fingerprint density at radius 2 is 1.57 bits per heavy atom. The first-order valence-electron chi connectivity index (χ1n) is 8.59. The van der Waals surface area contributed by atoms with Crippen LogP contribution in [0.5, 0.6) is 5.75 Å². The van der Waals surface area contributed by atoms with Crippen molar-refractivity contribution < 1.29 is 4.43 Å². The Balaban J connectivity index is 3.33. The molecule has 0 aliphatic rings. The maximum Gasteiger partial charge on any atom is 0.250 e. The first kappa shape index (κ1) is 20.1. The van der Waals surface area contributed by atoms with E-state index in [1.54, 1.807) is 0 Å². The van der Waals surface area contributed by atoms with Crippen LogP contribution in [0.1, 0.15) is 51.7 Å². The Morgan fingerprint density at radius 1 is 1.00 bits per heavy atom. The predicted molar refractivity (Wildman–Crippen MR) is 109 cm³/mol. The molecule has 128 valence electrons. The Hall–Kier alpha value is -0.986. The average Bonchev–Trinajstić information content (AvgIpc) is 2.34. The van der Waals surface area contributed by atoms with Crippen molar-refractivity contribution in [3.05, 3.63) is 29.3 Å². The summed E-state index contributed by atoms with van der Waals surface area (Å²) in [6.45, 7) is 22.7. The molecule has 0 amide bonds. The summed E-state index contributed by atoms with van der Waals surface area (Å²) in [5.41, 5.74) is 5.88. The van der Waals surface area contributed by atoms with Crippen molar-refractivity contribution >= 4 is 16.4 Å². The largest absolute Gasteiger partial charge is 0.543 e. The molecule has 23 heavy (non-hydrogen) atoms. The quantitative estimate of drug-likeness (QED) is 0.453. The van der Waals surface area contributed by atoms with E-state index in [4.69, 9.17) is 4.43 Å². The molecule has 0 unspecified atom stereocenters. The zero-order valence-corrected chi connectivity index (χ0v) is 18.7. The molecule has 0 saturated carbocycles. The molecular formula is C20H34OSi2. The van der Waals surface area contributed by atoms with Gasteiger partial charge in [-0.25, -0.2) is 0 Å². The lowest BCUT2D eigenvalue weighted by molar-refractivity contribution is 0.491. The molecule has 0 bridgehead atoms. The normalized spacial score (nSPS) is 12.8. The highest BCUT2D eigenvalue weighted by Gasteiger charge is 2.39. The highest BCUT2D eigenvalue weighted by molar-refractivity contribution is 6.83. The molecule has 0 aliphatic heterocycles. The van der Waals surface area contributed by atoms with E-state index in [-0.39, 0.29) is 5.04 Å². The van der Waals surface area contributed by atoms with Gasteiger partial charge in [-0.05, 0) is 41.7 Å². The molecule has 1 nitrogen and oxygen atoms in total. The van der Waals surface area contributed by atoms with Crippen LogP contribution in [0, 0.1) is 11.5 Å². The molecule has 1 rings (SSSR count). The molecule has 1 aromatic carbocycles. The SMILES string of the molecule is CC(C)c1ccc(O[Si](C)(C)C(C)(C)C)c(C#C[Si](C)(C)C)c1. The van der Waals surface area contributed by atoms with Crippen LogP contribution in [0.3, 0.4) is 0 Å². The first-order chi connectivity index (χ1) is 10.2. The lowest BCUT2D eigenvalue weighted by Crippen LogP contribution is -2.44. The second-order valence-corrected chi connectivity index (χ2v) is 18.7. The molecule has 0 aromatic heterocycles. The van der Waals surface area contributed by atoms with Crippen molar-refractivity contribution in [3.63, 3.8) is 0 Å². The van der Waals surface area contributed by atoms with Crippen LogP contribution in [-0.2, 0) is 0 Å². The highest BCUT2D eigenvalue weighted by atomic mass is 28.4. The summed E-state index contributed by atoms with van der Waals surface area (Å²) in [6, 6.07) is 6.54. The molecule has 1 aromatic rings. The van der Waals surface area contributed by atoms with Gasteiger partial charge in [0.05, 0.1) is 5.56 Å². The maximum absolute atomic E-state index is 6.55. The van der Waals surface area contributed by atoms with Crippen molar-refractivity contribution in [1.29, 1.82) is 0 Å². The predicted octanol–water partition coefficient (Wildman–Crippen LogP) is 6.42. The molecule has 0 atom stereocenters. The molecule has 0 radical (unpaired) electrons.